The van der Waals surface area contributed by atoms with Gasteiger partial charge in [-0.05, 0) is 48.9 Å². The lowest BCUT2D eigenvalue weighted by Crippen LogP contribution is -2.51. The number of aliphatic imine (C=N–C) groups is 1. The van der Waals surface area contributed by atoms with E-state index < -0.39 is 11.1 Å². The van der Waals surface area contributed by atoms with Crippen LogP contribution in [0.25, 0.3) is 6.08 Å². The summed E-state index contributed by atoms with van der Waals surface area (Å²) >= 11 is 0. The molecule has 2 N–H and O–H groups in total. The molecule has 1 amide bonds. The van der Waals surface area contributed by atoms with Crippen molar-refractivity contribution in [1.29, 1.82) is 0 Å². The molecule has 0 radical (unpaired) electrons. The molecule has 1 spiro atoms. The number of fused-ring (bicyclic) bond motifs is 2. The Kier molecular flexibility index (Phi) is 4.24. The summed E-state index contributed by atoms with van der Waals surface area (Å²) in [5, 5.41) is 0. The number of carbonyl (C=O) groups excluding carboxylic acids is 1. The highest BCUT2D eigenvalue weighted by molar-refractivity contribution is 6.07. The monoisotopic (exact) mass is 401 g/mol. The van der Waals surface area contributed by atoms with Crippen molar-refractivity contribution >= 4 is 17.9 Å². The minimum Gasteiger partial charge on any atom is -0.487 e. The Hall–Kier alpha value is -3.08. The van der Waals surface area contributed by atoms with Gasteiger partial charge in [0.15, 0.2) is 11.5 Å². The molecule has 0 aromatic heterocycles. The van der Waals surface area contributed by atoms with Crippen molar-refractivity contribution in [2.45, 2.75) is 43.7 Å². The van der Waals surface area contributed by atoms with Gasteiger partial charge in [-0.25, -0.2) is 4.99 Å². The molecule has 5 heteroatoms. The number of allylic oxidation sites excluding steroid dienone is 1. The van der Waals surface area contributed by atoms with Crippen LogP contribution in [0.1, 0.15) is 42.9 Å². The molecule has 2 atom stereocenters. The van der Waals surface area contributed by atoms with E-state index in [2.05, 4.69) is 37.3 Å². The first-order valence-electron chi connectivity index (χ1n) is 10.6. The number of likely N-dealkylation sites (N-methyl/N-ethyl adjacent to an activating group) is 1. The quantitative estimate of drug-likeness (QED) is 0.845. The van der Waals surface area contributed by atoms with E-state index in [1.165, 1.54) is 23.3 Å². The fourth-order valence-electron chi connectivity index (χ4n) is 4.65. The highest BCUT2D eigenvalue weighted by Crippen LogP contribution is 2.50. The van der Waals surface area contributed by atoms with Crippen molar-refractivity contribution < 1.29 is 9.53 Å². The van der Waals surface area contributed by atoms with E-state index in [0.29, 0.717) is 24.5 Å². The summed E-state index contributed by atoms with van der Waals surface area (Å²) in [6.07, 6.45) is 8.04. The maximum atomic E-state index is 13.4. The lowest BCUT2D eigenvalue weighted by Gasteiger charge is -2.43. The topological polar surface area (TPSA) is 67.9 Å². The van der Waals surface area contributed by atoms with Gasteiger partial charge in [0.2, 0.25) is 0 Å². The third-order valence-corrected chi connectivity index (χ3v) is 6.35. The van der Waals surface area contributed by atoms with E-state index in [-0.39, 0.29) is 11.9 Å². The van der Waals surface area contributed by atoms with Crippen LogP contribution in [0.15, 0.2) is 59.6 Å². The second kappa shape index (κ2) is 6.73. The fraction of sp³-hybridized carbons (Fsp3) is 0.360. The molecule has 2 aliphatic heterocycles. The number of ether oxygens (including phenoxy) is 1. The molecular formula is C25H27N3O2. The Balaban J connectivity index is 1.59. The number of nitrogens with zero attached hydrogens (tertiary/aromatic N) is 2. The van der Waals surface area contributed by atoms with Crippen molar-refractivity contribution in [2.75, 3.05) is 7.05 Å². The molecule has 30 heavy (non-hydrogen) atoms. The number of guanidine groups is 1. The molecule has 0 saturated heterocycles. The van der Waals surface area contributed by atoms with Gasteiger partial charge in [0, 0.05) is 25.5 Å². The minimum atomic E-state index is -1.04. The van der Waals surface area contributed by atoms with Crippen LogP contribution in [-0.2, 0) is 16.8 Å². The van der Waals surface area contributed by atoms with Gasteiger partial charge in [0.1, 0.15) is 11.4 Å². The van der Waals surface area contributed by atoms with Gasteiger partial charge in [0.25, 0.3) is 5.91 Å². The smallest absolute Gasteiger partial charge is 0.261 e. The van der Waals surface area contributed by atoms with Crippen LogP contribution in [0.4, 0.5) is 0 Å². The predicted molar refractivity (Wildman–Crippen MR) is 118 cm³/mol. The molecular weight excluding hydrogens is 374 g/mol. The Labute approximate surface area is 177 Å². The second-order valence-corrected chi connectivity index (χ2v) is 9.04. The van der Waals surface area contributed by atoms with Crippen LogP contribution >= 0.6 is 0 Å². The van der Waals surface area contributed by atoms with Crippen molar-refractivity contribution in [1.82, 2.24) is 4.90 Å². The van der Waals surface area contributed by atoms with Crippen LogP contribution in [0.3, 0.4) is 0 Å². The number of hydrogen-bond acceptors (Lipinski definition) is 4. The molecule has 1 aliphatic carbocycles. The highest BCUT2D eigenvalue weighted by Gasteiger charge is 2.56. The summed E-state index contributed by atoms with van der Waals surface area (Å²) in [5.41, 5.74) is 7.53. The molecule has 5 nitrogen and oxygen atoms in total. The van der Waals surface area contributed by atoms with Gasteiger partial charge in [-0.2, -0.15) is 0 Å². The number of hydrogen-bond donors (Lipinski definition) is 1. The van der Waals surface area contributed by atoms with Crippen LogP contribution in [0, 0.1) is 5.92 Å². The minimum absolute atomic E-state index is 0.0906. The molecule has 2 heterocycles. The maximum Gasteiger partial charge on any atom is 0.261 e. The van der Waals surface area contributed by atoms with Crippen molar-refractivity contribution in [3.8, 4) is 5.75 Å². The van der Waals surface area contributed by atoms with Crippen LogP contribution in [-0.4, -0.2) is 29.4 Å². The summed E-state index contributed by atoms with van der Waals surface area (Å²) in [7, 11) is 1.69. The van der Waals surface area contributed by atoms with Crippen molar-refractivity contribution in [2.24, 2.45) is 16.6 Å². The van der Waals surface area contributed by atoms with E-state index in [0.717, 1.165) is 11.1 Å². The van der Waals surface area contributed by atoms with Crippen LogP contribution in [0.5, 0.6) is 5.75 Å². The normalized spacial score (nSPS) is 28.0. The highest BCUT2D eigenvalue weighted by atomic mass is 16.5. The summed E-state index contributed by atoms with van der Waals surface area (Å²) in [5.74, 6) is 1.57. The number of rotatable bonds is 4. The zero-order valence-electron chi connectivity index (χ0n) is 17.5. The summed E-state index contributed by atoms with van der Waals surface area (Å²) in [6, 6.07) is 16.3. The van der Waals surface area contributed by atoms with E-state index in [1.807, 2.05) is 30.3 Å². The number of carbonyl (C=O) groups is 1. The van der Waals surface area contributed by atoms with Gasteiger partial charge in [-0.15, -0.1) is 0 Å². The average molecular weight is 402 g/mol. The third-order valence-electron chi connectivity index (χ3n) is 6.35. The van der Waals surface area contributed by atoms with Gasteiger partial charge in [0.05, 0.1) is 0 Å². The lowest BCUT2D eigenvalue weighted by atomic mass is 9.74. The van der Waals surface area contributed by atoms with Crippen molar-refractivity contribution in [3.63, 3.8) is 0 Å². The van der Waals surface area contributed by atoms with E-state index in [9.17, 15) is 4.79 Å². The van der Waals surface area contributed by atoms with Gasteiger partial charge in [-0.1, -0.05) is 48.6 Å². The van der Waals surface area contributed by atoms with Crippen LogP contribution in [0.2, 0.25) is 0 Å². The lowest BCUT2D eigenvalue weighted by molar-refractivity contribution is -0.133. The zero-order valence-corrected chi connectivity index (χ0v) is 17.5. The molecule has 2 aromatic carbocycles. The first kappa shape index (κ1) is 18.9. The van der Waals surface area contributed by atoms with Crippen LogP contribution < -0.4 is 10.5 Å². The SMILES string of the molecule is CN1C(=O)C2(CC(C)(Cc3ccccc3)Oc3ccc(C=CC4CC4)cc32)N=C1N. The van der Waals surface area contributed by atoms with Crippen molar-refractivity contribution in [3.05, 3.63) is 71.3 Å². The molecule has 2 unspecified atom stereocenters. The molecule has 1 saturated carbocycles. The Morgan fingerprint density at radius 1 is 1.23 bits per heavy atom. The number of nitrogens with two attached hydrogens (primary N) is 1. The molecule has 2 aromatic rings. The zero-order chi connectivity index (χ0) is 20.9. The largest absolute Gasteiger partial charge is 0.487 e. The molecule has 0 bridgehead atoms. The van der Waals surface area contributed by atoms with E-state index in [1.54, 1.807) is 7.05 Å². The van der Waals surface area contributed by atoms with Gasteiger partial charge >= 0.3 is 0 Å². The van der Waals surface area contributed by atoms with Gasteiger partial charge in [-0.3, -0.25) is 9.69 Å². The summed E-state index contributed by atoms with van der Waals surface area (Å²) in [6.45, 7) is 2.06. The summed E-state index contributed by atoms with van der Waals surface area (Å²) in [4.78, 5) is 19.6. The summed E-state index contributed by atoms with van der Waals surface area (Å²) < 4.78 is 6.52. The standard InChI is InChI=1S/C25H27N3O2/c1-24(15-19-6-4-3-5-7-19)16-25(22(29)28(2)23(26)27-25)20-14-18(11-10-17-8-9-17)12-13-21(20)30-24/h3-7,10-14,17H,8-9,15-16H2,1-2H3,(H2,26,27). The molecule has 1 fully saturated rings. The Morgan fingerprint density at radius 3 is 2.67 bits per heavy atom. The van der Waals surface area contributed by atoms with E-state index >= 15 is 0 Å². The molecule has 5 rings (SSSR count). The fourth-order valence-corrected chi connectivity index (χ4v) is 4.65. The number of benzene rings is 2. The Morgan fingerprint density at radius 2 is 2.00 bits per heavy atom. The number of amides is 1. The third kappa shape index (κ3) is 3.18. The molecule has 3 aliphatic rings. The van der Waals surface area contributed by atoms with E-state index in [4.69, 9.17) is 15.5 Å². The van der Waals surface area contributed by atoms with Gasteiger partial charge < -0.3 is 10.5 Å². The predicted octanol–water partition coefficient (Wildman–Crippen LogP) is 3.88. The second-order valence-electron chi connectivity index (χ2n) is 9.04. The average Bonchev–Trinajstić information content (AvgIpc) is 3.53. The molecule has 154 valence electrons. The maximum absolute atomic E-state index is 13.4. The first-order chi connectivity index (χ1) is 14.4. The first-order valence-corrected chi connectivity index (χ1v) is 10.6. The Bertz CT molecular complexity index is 1060.